The lowest BCUT2D eigenvalue weighted by Gasteiger charge is -2.39. The molecule has 1 amide bonds. The van der Waals surface area contributed by atoms with Crippen molar-refractivity contribution in [3.63, 3.8) is 0 Å². The molecule has 1 saturated heterocycles. The molecule has 2 atom stereocenters. The average molecular weight is 476 g/mol. The Morgan fingerprint density at radius 3 is 2.50 bits per heavy atom. The van der Waals surface area contributed by atoms with E-state index in [-0.39, 0.29) is 12.1 Å². The van der Waals surface area contributed by atoms with Crippen LogP contribution in [-0.4, -0.2) is 26.8 Å². The first-order valence-corrected chi connectivity index (χ1v) is 12.0. The number of nitrogens with two attached hydrogens (primary N) is 1. The molecule has 1 aliphatic carbocycles. The minimum atomic E-state index is -0.380. The maximum absolute atomic E-state index is 12.5. The van der Waals surface area contributed by atoms with Gasteiger partial charge in [-0.25, -0.2) is 0 Å². The highest BCUT2D eigenvalue weighted by Gasteiger charge is 2.35. The van der Waals surface area contributed by atoms with Crippen molar-refractivity contribution in [1.29, 1.82) is 0 Å². The van der Waals surface area contributed by atoms with E-state index < -0.39 is 0 Å². The van der Waals surface area contributed by atoms with E-state index in [1.165, 1.54) is 32.1 Å². The van der Waals surface area contributed by atoms with Crippen LogP contribution in [-0.2, 0) is 7.05 Å². The van der Waals surface area contributed by atoms with Crippen molar-refractivity contribution in [1.82, 2.24) is 19.7 Å². The maximum Gasteiger partial charge on any atom is 0.265 e. The number of nitrogens with one attached hydrogen (secondary N) is 1. The average Bonchev–Trinajstić information content (AvgIpc) is 3.17. The van der Waals surface area contributed by atoms with Crippen LogP contribution in [0.15, 0.2) is 10.8 Å². The van der Waals surface area contributed by atoms with E-state index in [9.17, 15) is 4.79 Å². The fourth-order valence-corrected chi connectivity index (χ4v) is 6.67. The molecule has 0 spiro atoms. The van der Waals surface area contributed by atoms with Gasteiger partial charge in [-0.1, -0.05) is 19.8 Å². The molecular weight excluding hydrogens is 442 g/mol. The number of carbonyl (C=O) groups excluding carboxylic acids is 1. The summed E-state index contributed by atoms with van der Waals surface area (Å²) in [7, 11) is 1.94. The van der Waals surface area contributed by atoms with Crippen LogP contribution < -0.4 is 11.1 Å². The van der Waals surface area contributed by atoms with Gasteiger partial charge in [-0.2, -0.15) is 5.10 Å². The zero-order valence-corrected chi connectivity index (χ0v) is 20.1. The minimum absolute atomic E-state index is 0.0703. The van der Waals surface area contributed by atoms with Crippen LogP contribution in [0.2, 0.25) is 0 Å². The summed E-state index contributed by atoms with van der Waals surface area (Å²) < 4.78 is 4.89. The Kier molecular flexibility index (Phi) is 6.13. The zero-order valence-electron chi connectivity index (χ0n) is 18.5. The van der Waals surface area contributed by atoms with Crippen LogP contribution in [0.25, 0.3) is 11.3 Å². The number of amides is 1. The largest absolute Gasteiger partial charge is 0.364 e. The molecule has 0 radical (unpaired) electrons. The van der Waals surface area contributed by atoms with Crippen LogP contribution >= 0.6 is 15.9 Å². The van der Waals surface area contributed by atoms with Gasteiger partial charge in [0.15, 0.2) is 0 Å². The Balaban J connectivity index is 1.71. The minimum Gasteiger partial charge on any atom is -0.364 e. The predicted molar refractivity (Wildman–Crippen MR) is 123 cm³/mol. The van der Waals surface area contributed by atoms with Crippen molar-refractivity contribution in [3.05, 3.63) is 27.6 Å². The molecule has 3 N–H and O–H groups in total. The molecule has 1 saturated carbocycles. The first-order chi connectivity index (χ1) is 14.3. The molecule has 2 aromatic heterocycles. The van der Waals surface area contributed by atoms with Gasteiger partial charge in [0, 0.05) is 12.6 Å². The number of carbonyl (C=O) groups is 1. The molecule has 30 heavy (non-hydrogen) atoms. The monoisotopic (exact) mass is 475 g/mol. The van der Waals surface area contributed by atoms with Gasteiger partial charge in [0.1, 0.15) is 5.69 Å². The normalized spacial score (nSPS) is 27.4. The second-order valence-electron chi connectivity index (χ2n) is 9.45. The smallest absolute Gasteiger partial charge is 0.265 e. The van der Waals surface area contributed by atoms with Gasteiger partial charge in [0.25, 0.3) is 5.91 Å². The third kappa shape index (κ3) is 3.75. The fourth-order valence-electron chi connectivity index (χ4n) is 5.76. The van der Waals surface area contributed by atoms with Crippen molar-refractivity contribution in [2.75, 3.05) is 6.54 Å². The van der Waals surface area contributed by atoms with Crippen LogP contribution in [0.4, 0.5) is 0 Å². The molecule has 7 heteroatoms. The second kappa shape index (κ2) is 8.50. The van der Waals surface area contributed by atoms with Gasteiger partial charge in [-0.3, -0.25) is 14.8 Å². The summed E-state index contributed by atoms with van der Waals surface area (Å²) in [6, 6.07) is 0. The second-order valence-corrected chi connectivity index (χ2v) is 10.2. The number of rotatable bonds is 4. The van der Waals surface area contributed by atoms with Crippen molar-refractivity contribution in [2.24, 2.45) is 30.5 Å². The number of aromatic nitrogens is 3. The van der Waals surface area contributed by atoms with E-state index in [2.05, 4.69) is 44.8 Å². The molecule has 6 nitrogen and oxygen atoms in total. The third-order valence-corrected chi connectivity index (χ3v) is 8.22. The van der Waals surface area contributed by atoms with Gasteiger partial charge < -0.3 is 10.3 Å². The van der Waals surface area contributed by atoms with Crippen LogP contribution in [0.3, 0.4) is 0 Å². The molecule has 0 bridgehead atoms. The number of nitrogens with zero attached hydrogens (tertiary/aromatic N) is 3. The van der Waals surface area contributed by atoms with Gasteiger partial charge >= 0.3 is 0 Å². The number of primary amides is 1. The molecule has 0 aromatic carbocycles. The van der Waals surface area contributed by atoms with Gasteiger partial charge in [0.2, 0.25) is 0 Å². The van der Waals surface area contributed by atoms with E-state index in [0.717, 1.165) is 51.8 Å². The van der Waals surface area contributed by atoms with Crippen LogP contribution in [0, 0.1) is 31.6 Å². The van der Waals surface area contributed by atoms with E-state index in [0.29, 0.717) is 11.6 Å². The SMILES string of the molecule is Cc1cnn(C)c1-c1c(C)c(C(N)=O)n(C2C[C@@H](C3CCC(C)CC3)CCN2)c1Br. The summed E-state index contributed by atoms with van der Waals surface area (Å²) >= 11 is 3.84. The Hall–Kier alpha value is -1.60. The molecule has 2 fully saturated rings. The topological polar surface area (TPSA) is 77.9 Å². The van der Waals surface area contributed by atoms with E-state index in [4.69, 9.17) is 5.73 Å². The van der Waals surface area contributed by atoms with Gasteiger partial charge in [-0.05, 0) is 90.9 Å². The molecular formula is C23H34BrN5O. The number of piperidine rings is 1. The summed E-state index contributed by atoms with van der Waals surface area (Å²) in [5.74, 6) is 1.99. The highest BCUT2D eigenvalue weighted by molar-refractivity contribution is 9.10. The first kappa shape index (κ1) is 21.6. The summed E-state index contributed by atoms with van der Waals surface area (Å²) in [6.07, 6.45) is 9.56. The molecule has 2 aliphatic rings. The van der Waals surface area contributed by atoms with Crippen LogP contribution in [0.1, 0.15) is 73.2 Å². The quantitative estimate of drug-likeness (QED) is 0.672. The summed E-state index contributed by atoms with van der Waals surface area (Å²) in [5.41, 5.74) is 10.5. The Morgan fingerprint density at radius 1 is 1.20 bits per heavy atom. The standard InChI is InChI=1S/C23H34BrN5O/c1-13-5-7-16(8-6-13)17-9-10-26-18(11-17)29-21(23(25)30)15(3)19(22(29)24)20-14(2)12-27-28(20)4/h12-13,16-18,26H,5-11H2,1-4H3,(H2,25,30)/t13?,16?,17-,18?/m0/s1. The van der Waals surface area contributed by atoms with E-state index in [1.807, 2.05) is 24.9 Å². The molecule has 1 aliphatic heterocycles. The molecule has 4 rings (SSSR count). The molecule has 1 unspecified atom stereocenters. The summed E-state index contributed by atoms with van der Waals surface area (Å²) in [4.78, 5) is 12.5. The lowest BCUT2D eigenvalue weighted by atomic mass is 9.73. The van der Waals surface area contributed by atoms with Crippen LogP contribution in [0.5, 0.6) is 0 Å². The van der Waals surface area contributed by atoms with Crippen molar-refractivity contribution in [2.45, 2.75) is 65.5 Å². The fraction of sp³-hybridized carbons (Fsp3) is 0.652. The first-order valence-electron chi connectivity index (χ1n) is 11.2. The number of hydrogen-bond donors (Lipinski definition) is 2. The van der Waals surface area contributed by atoms with E-state index >= 15 is 0 Å². The molecule has 3 heterocycles. The highest BCUT2D eigenvalue weighted by atomic mass is 79.9. The lowest BCUT2D eigenvalue weighted by molar-refractivity contribution is 0.0975. The molecule has 164 valence electrons. The highest BCUT2D eigenvalue weighted by Crippen LogP contribution is 2.43. The van der Waals surface area contributed by atoms with Crippen molar-refractivity contribution in [3.8, 4) is 11.3 Å². The zero-order chi connectivity index (χ0) is 21.6. The number of halogens is 1. The Bertz CT molecular complexity index is 919. The van der Waals surface area contributed by atoms with Crippen molar-refractivity contribution < 1.29 is 4.79 Å². The molecule has 2 aromatic rings. The lowest BCUT2D eigenvalue weighted by Crippen LogP contribution is -2.40. The van der Waals surface area contributed by atoms with Crippen molar-refractivity contribution >= 4 is 21.8 Å². The summed E-state index contributed by atoms with van der Waals surface area (Å²) in [5, 5.41) is 8.07. The number of hydrogen-bond acceptors (Lipinski definition) is 3. The van der Waals surface area contributed by atoms with Gasteiger partial charge in [0.05, 0.1) is 22.7 Å². The van der Waals surface area contributed by atoms with E-state index in [1.54, 1.807) is 0 Å². The number of aryl methyl sites for hydroxylation is 2. The Labute approximate surface area is 187 Å². The maximum atomic E-state index is 12.5. The Morgan fingerprint density at radius 2 is 1.90 bits per heavy atom. The summed E-state index contributed by atoms with van der Waals surface area (Å²) in [6.45, 7) is 7.39. The third-order valence-electron chi connectivity index (χ3n) is 7.44. The van der Waals surface area contributed by atoms with Gasteiger partial charge in [-0.15, -0.1) is 0 Å². The predicted octanol–water partition coefficient (Wildman–Crippen LogP) is 4.69.